The summed E-state index contributed by atoms with van der Waals surface area (Å²) in [5.74, 6) is -0.650. The average Bonchev–Trinajstić information content (AvgIpc) is 3.51. The van der Waals surface area contributed by atoms with E-state index in [9.17, 15) is 19.2 Å². The van der Waals surface area contributed by atoms with Crippen LogP contribution in [0.4, 0.5) is 5.69 Å². The lowest BCUT2D eigenvalue weighted by Gasteiger charge is -2.26. The van der Waals surface area contributed by atoms with Crippen molar-refractivity contribution in [2.75, 3.05) is 25.1 Å². The number of hydrogen-bond acceptors (Lipinski definition) is 7. The molecule has 2 aliphatic rings. The van der Waals surface area contributed by atoms with Gasteiger partial charge in [0.2, 0.25) is 0 Å². The molecule has 1 atom stereocenters. The fourth-order valence-electron chi connectivity index (χ4n) is 5.60. The minimum atomic E-state index is -0.903. The normalized spacial score (nSPS) is 17.4. The van der Waals surface area contributed by atoms with Gasteiger partial charge in [-0.2, -0.15) is 0 Å². The fraction of sp³-hybridized carbons (Fsp3) is 0.303. The number of rotatable bonds is 7. The first-order valence-corrected chi connectivity index (χ1v) is 14.2. The number of amides is 2. The molecular formula is C33H32N4O5. The lowest BCUT2D eigenvalue weighted by atomic mass is 9.94. The van der Waals surface area contributed by atoms with Crippen molar-refractivity contribution in [1.29, 1.82) is 0 Å². The summed E-state index contributed by atoms with van der Waals surface area (Å²) >= 11 is 0. The Balaban J connectivity index is 1.10. The van der Waals surface area contributed by atoms with Gasteiger partial charge in [0.05, 0.1) is 29.4 Å². The van der Waals surface area contributed by atoms with Gasteiger partial charge < -0.3 is 14.0 Å². The zero-order valence-electron chi connectivity index (χ0n) is 23.7. The van der Waals surface area contributed by atoms with Gasteiger partial charge in [-0.25, -0.2) is 4.98 Å². The van der Waals surface area contributed by atoms with E-state index >= 15 is 0 Å². The van der Waals surface area contributed by atoms with Gasteiger partial charge in [-0.15, -0.1) is 0 Å². The highest BCUT2D eigenvalue weighted by molar-refractivity contribution is 6.23. The van der Waals surface area contributed by atoms with Crippen LogP contribution in [0.25, 0.3) is 16.9 Å². The third-order valence-corrected chi connectivity index (χ3v) is 8.08. The number of carbonyl (C=O) groups is 4. The molecule has 2 aromatic heterocycles. The molecule has 1 fully saturated rings. The number of carbonyl (C=O) groups excluding carboxylic acids is 4. The minimum absolute atomic E-state index is 0.0569. The van der Waals surface area contributed by atoms with Crippen molar-refractivity contribution in [3.8, 4) is 17.0 Å². The van der Waals surface area contributed by atoms with Gasteiger partial charge in [0.25, 0.3) is 11.8 Å². The number of hydrogen-bond donors (Lipinski definition) is 0. The summed E-state index contributed by atoms with van der Waals surface area (Å²) < 4.78 is 7.96. The Labute approximate surface area is 243 Å². The van der Waals surface area contributed by atoms with Gasteiger partial charge in [0.15, 0.2) is 5.78 Å². The monoisotopic (exact) mass is 564 g/mol. The topological polar surface area (TPSA) is 101 Å². The third kappa shape index (κ3) is 5.30. The summed E-state index contributed by atoms with van der Waals surface area (Å²) in [7, 11) is 1.97. The number of Topliss-reactive ketones (excluding diaryl/α,β-unsaturated/α-hetero) is 2. The number of fused-ring (bicyclic) bond motifs is 2. The van der Waals surface area contributed by atoms with Crippen LogP contribution in [0.1, 0.15) is 58.4 Å². The number of imide groups is 1. The standard InChI is InChI=1S/C33H32N4O5/c1-21-6-8-22(9-7-21)28-20-36-15-14-23(18-31(36)34-28)35(2)16-17-42-25-11-12-26-27(19-25)33(41)37(32(26)40)29-13-10-24(38)4-3-5-30(29)39/h6-9,11-12,14-15,18-20,29H,3-5,10,13,16-17H2,1-2H3. The van der Waals surface area contributed by atoms with Gasteiger partial charge in [-0.3, -0.25) is 24.1 Å². The number of ether oxygens (including phenoxy) is 1. The number of nitrogens with zero attached hydrogens (tertiary/aromatic N) is 4. The molecule has 1 saturated carbocycles. The molecule has 4 aromatic rings. The van der Waals surface area contributed by atoms with E-state index in [0.717, 1.165) is 27.5 Å². The number of likely N-dealkylation sites (N-methyl/N-ethyl adjacent to an activating group) is 1. The maximum atomic E-state index is 13.3. The molecule has 214 valence electrons. The molecule has 1 unspecified atom stereocenters. The van der Waals surface area contributed by atoms with Crippen molar-refractivity contribution < 1.29 is 23.9 Å². The summed E-state index contributed by atoms with van der Waals surface area (Å²) in [6.07, 6.45) is 5.37. The maximum absolute atomic E-state index is 13.3. The van der Waals surface area contributed by atoms with Crippen LogP contribution in [-0.2, 0) is 9.59 Å². The van der Waals surface area contributed by atoms with E-state index in [-0.39, 0.29) is 42.0 Å². The Morgan fingerprint density at radius 2 is 1.71 bits per heavy atom. The highest BCUT2D eigenvalue weighted by Gasteiger charge is 2.43. The molecule has 42 heavy (non-hydrogen) atoms. The SMILES string of the molecule is Cc1ccc(-c2cn3ccc(N(C)CCOc4ccc5c(c4)C(=O)N(C4CCC(=O)CCCC4=O)C5=O)cc3n2)cc1. The summed E-state index contributed by atoms with van der Waals surface area (Å²) in [5, 5.41) is 0. The minimum Gasteiger partial charge on any atom is -0.492 e. The predicted octanol–water partition coefficient (Wildman–Crippen LogP) is 4.89. The number of ketones is 2. The van der Waals surface area contributed by atoms with Gasteiger partial charge in [0, 0.05) is 56.0 Å². The van der Waals surface area contributed by atoms with E-state index in [1.165, 1.54) is 5.56 Å². The Bertz CT molecular complexity index is 1710. The summed E-state index contributed by atoms with van der Waals surface area (Å²) in [6, 6.07) is 16.2. The number of aryl methyl sites for hydroxylation is 1. The van der Waals surface area contributed by atoms with Crippen LogP contribution in [0, 0.1) is 6.92 Å². The van der Waals surface area contributed by atoms with Crippen LogP contribution in [0.15, 0.2) is 67.0 Å². The zero-order chi connectivity index (χ0) is 29.4. The molecular weight excluding hydrogens is 532 g/mol. The molecule has 2 amide bonds. The van der Waals surface area contributed by atoms with Gasteiger partial charge in [0.1, 0.15) is 23.8 Å². The highest BCUT2D eigenvalue weighted by Crippen LogP contribution is 2.31. The van der Waals surface area contributed by atoms with Crippen LogP contribution >= 0.6 is 0 Å². The lowest BCUT2D eigenvalue weighted by molar-refractivity contribution is -0.125. The summed E-state index contributed by atoms with van der Waals surface area (Å²) in [5.41, 5.74) is 5.49. The molecule has 9 nitrogen and oxygen atoms in total. The second-order valence-corrected chi connectivity index (χ2v) is 11.0. The molecule has 0 spiro atoms. The Kier molecular flexibility index (Phi) is 7.33. The zero-order valence-corrected chi connectivity index (χ0v) is 23.7. The van der Waals surface area contributed by atoms with Crippen molar-refractivity contribution >= 4 is 34.7 Å². The van der Waals surface area contributed by atoms with Crippen LogP contribution in [-0.4, -0.2) is 63.9 Å². The van der Waals surface area contributed by atoms with Gasteiger partial charge >= 0.3 is 0 Å². The first-order valence-electron chi connectivity index (χ1n) is 14.2. The second kappa shape index (κ2) is 11.2. The summed E-state index contributed by atoms with van der Waals surface area (Å²) in [6.45, 7) is 2.98. The number of benzene rings is 2. The second-order valence-electron chi connectivity index (χ2n) is 11.0. The Morgan fingerprint density at radius 3 is 2.52 bits per heavy atom. The molecule has 0 bridgehead atoms. The van der Waals surface area contributed by atoms with E-state index in [1.807, 2.05) is 36.0 Å². The maximum Gasteiger partial charge on any atom is 0.262 e. The van der Waals surface area contributed by atoms with Crippen molar-refractivity contribution in [1.82, 2.24) is 14.3 Å². The van der Waals surface area contributed by atoms with Crippen LogP contribution in [0.3, 0.4) is 0 Å². The number of anilines is 1. The van der Waals surface area contributed by atoms with Crippen LogP contribution < -0.4 is 9.64 Å². The molecule has 6 rings (SSSR count). The molecule has 0 N–H and O–H groups in total. The predicted molar refractivity (Wildman–Crippen MR) is 158 cm³/mol. The first-order chi connectivity index (χ1) is 20.3. The average molecular weight is 565 g/mol. The molecule has 1 aliphatic heterocycles. The van der Waals surface area contributed by atoms with E-state index in [2.05, 4.69) is 36.1 Å². The van der Waals surface area contributed by atoms with E-state index in [0.29, 0.717) is 31.7 Å². The number of aromatic nitrogens is 2. The Hall–Kier alpha value is -4.79. The smallest absolute Gasteiger partial charge is 0.262 e. The molecule has 1 aliphatic carbocycles. The van der Waals surface area contributed by atoms with Crippen molar-refractivity contribution in [2.45, 2.75) is 45.1 Å². The molecule has 3 heterocycles. The highest BCUT2D eigenvalue weighted by atomic mass is 16.5. The molecule has 2 aromatic carbocycles. The van der Waals surface area contributed by atoms with E-state index in [4.69, 9.17) is 9.72 Å². The quantitative estimate of drug-likeness (QED) is 0.295. The molecule has 0 saturated heterocycles. The fourth-order valence-corrected chi connectivity index (χ4v) is 5.60. The van der Waals surface area contributed by atoms with E-state index < -0.39 is 17.9 Å². The van der Waals surface area contributed by atoms with Crippen molar-refractivity contribution in [3.05, 3.63) is 83.7 Å². The van der Waals surface area contributed by atoms with Crippen molar-refractivity contribution in [3.63, 3.8) is 0 Å². The Morgan fingerprint density at radius 1 is 0.929 bits per heavy atom. The van der Waals surface area contributed by atoms with E-state index in [1.54, 1.807) is 18.2 Å². The van der Waals surface area contributed by atoms with Crippen LogP contribution in [0.2, 0.25) is 0 Å². The third-order valence-electron chi connectivity index (χ3n) is 8.08. The lowest BCUT2D eigenvalue weighted by Crippen LogP contribution is -2.45. The van der Waals surface area contributed by atoms with Crippen molar-refractivity contribution in [2.24, 2.45) is 0 Å². The van der Waals surface area contributed by atoms with Crippen LogP contribution in [0.5, 0.6) is 5.75 Å². The largest absolute Gasteiger partial charge is 0.492 e. The first kappa shape index (κ1) is 27.4. The number of imidazole rings is 1. The molecule has 0 radical (unpaired) electrons. The van der Waals surface area contributed by atoms with Gasteiger partial charge in [-0.05, 0) is 44.0 Å². The number of pyridine rings is 1. The molecule has 9 heteroatoms. The van der Waals surface area contributed by atoms with Gasteiger partial charge in [-0.1, -0.05) is 29.8 Å². The summed E-state index contributed by atoms with van der Waals surface area (Å²) in [4.78, 5) is 59.0.